The van der Waals surface area contributed by atoms with Gasteiger partial charge in [-0.1, -0.05) is 24.3 Å². The van der Waals surface area contributed by atoms with E-state index in [0.717, 1.165) is 75.6 Å². The molecule has 5 aliphatic rings. The molecule has 2 saturated heterocycles. The summed E-state index contributed by atoms with van der Waals surface area (Å²) < 4.78 is 33.2. The van der Waals surface area contributed by atoms with E-state index in [1.807, 2.05) is 37.3 Å². The lowest BCUT2D eigenvalue weighted by molar-refractivity contribution is -0.132. The molecule has 7 rings (SSSR count). The summed E-state index contributed by atoms with van der Waals surface area (Å²) in [5, 5.41) is 9.60. The molecule has 0 aromatic heterocycles. The normalized spacial score (nSPS) is 28.6. The van der Waals surface area contributed by atoms with E-state index >= 15 is 0 Å². The van der Waals surface area contributed by atoms with Crippen LogP contribution in [0.5, 0.6) is 11.5 Å². The van der Waals surface area contributed by atoms with Crippen molar-refractivity contribution in [3.63, 3.8) is 0 Å². The van der Waals surface area contributed by atoms with Crippen molar-refractivity contribution in [3.8, 4) is 11.5 Å². The zero-order chi connectivity index (χ0) is 29.7. The average Bonchev–Trinajstić information content (AvgIpc) is 3.71. The first-order chi connectivity index (χ1) is 20.8. The maximum atomic E-state index is 14.9. The van der Waals surface area contributed by atoms with Gasteiger partial charge < -0.3 is 24.2 Å². The Kier molecular flexibility index (Phi) is 7.26. The number of amidine groups is 1. The van der Waals surface area contributed by atoms with Gasteiger partial charge >= 0.3 is 5.97 Å². The maximum Gasteiger partial charge on any atom is 0.335 e. The summed E-state index contributed by atoms with van der Waals surface area (Å²) in [6.07, 6.45) is 8.39. The van der Waals surface area contributed by atoms with Gasteiger partial charge in [0, 0.05) is 31.6 Å². The Morgan fingerprint density at radius 2 is 2.00 bits per heavy atom. The predicted octanol–water partition coefficient (Wildman–Crippen LogP) is 5.03. The van der Waals surface area contributed by atoms with E-state index in [4.69, 9.17) is 19.2 Å². The summed E-state index contributed by atoms with van der Waals surface area (Å²) in [6, 6.07) is 11.0. The van der Waals surface area contributed by atoms with Gasteiger partial charge in [0.1, 0.15) is 11.7 Å². The molecule has 0 spiro atoms. The highest BCUT2D eigenvalue weighted by Gasteiger charge is 2.43. The van der Waals surface area contributed by atoms with Crippen LogP contribution < -0.4 is 9.47 Å². The number of carbonyl (C=O) groups is 1. The van der Waals surface area contributed by atoms with Crippen LogP contribution in [0.3, 0.4) is 0 Å². The second-order valence-electron chi connectivity index (χ2n) is 12.6. The third kappa shape index (κ3) is 5.33. The van der Waals surface area contributed by atoms with E-state index < -0.39 is 11.8 Å². The summed E-state index contributed by atoms with van der Waals surface area (Å²) in [7, 11) is 0. The molecule has 0 bridgehead atoms. The molecule has 2 fully saturated rings. The Morgan fingerprint density at radius 1 is 1.16 bits per heavy atom. The lowest BCUT2D eigenvalue weighted by Gasteiger charge is -2.36. The highest BCUT2D eigenvalue weighted by molar-refractivity contribution is 5.92. The van der Waals surface area contributed by atoms with Crippen molar-refractivity contribution >= 4 is 11.8 Å². The number of benzene rings is 2. The molecule has 4 atom stereocenters. The van der Waals surface area contributed by atoms with Gasteiger partial charge in [-0.3, -0.25) is 9.89 Å². The van der Waals surface area contributed by atoms with Gasteiger partial charge in [-0.2, -0.15) is 0 Å². The molecular formula is C34H38FN3O5. The number of carboxylic acid groups (broad SMARTS) is 1. The van der Waals surface area contributed by atoms with Crippen molar-refractivity contribution in [3.05, 3.63) is 82.7 Å². The third-order valence-electron chi connectivity index (χ3n) is 9.51. The number of aryl methyl sites for hydroxylation is 1. The molecule has 43 heavy (non-hydrogen) atoms. The predicted molar refractivity (Wildman–Crippen MR) is 160 cm³/mol. The molecule has 1 N–H and O–H groups in total. The van der Waals surface area contributed by atoms with Crippen molar-refractivity contribution in [2.24, 2.45) is 10.9 Å². The summed E-state index contributed by atoms with van der Waals surface area (Å²) in [5.74, 6) is 0.656. The molecule has 0 saturated carbocycles. The molecule has 0 amide bonds. The van der Waals surface area contributed by atoms with Crippen molar-refractivity contribution in [2.75, 3.05) is 39.4 Å². The van der Waals surface area contributed by atoms with Gasteiger partial charge in [-0.25, -0.2) is 9.18 Å². The van der Waals surface area contributed by atoms with Gasteiger partial charge in [0.25, 0.3) is 5.79 Å². The van der Waals surface area contributed by atoms with Gasteiger partial charge in [0.15, 0.2) is 11.5 Å². The number of piperidine rings is 1. The standard InChI is InChI=1S/C34H38FN3O5/c1-21-6-8-26(27(35)16-21)34(2)42-30-5-3-4-25(32(30)43-34)23-10-13-37(14-11-23)19-31-36-28-9-7-24(33(39)40)17-29(28)38(31)18-22-12-15-41-20-22/h3-9,16-17,22-23,28-29H,10-15,18-20H2,1-2H3,(H,39,40). The van der Waals surface area contributed by atoms with Crippen LogP contribution in [0, 0.1) is 18.7 Å². The summed E-state index contributed by atoms with van der Waals surface area (Å²) in [6.45, 7) is 8.51. The first-order valence-electron chi connectivity index (χ1n) is 15.3. The van der Waals surface area contributed by atoms with Crippen LogP contribution in [0.1, 0.15) is 48.8 Å². The molecule has 226 valence electrons. The fourth-order valence-electron chi connectivity index (χ4n) is 7.14. The van der Waals surface area contributed by atoms with Crippen molar-refractivity contribution in [1.29, 1.82) is 0 Å². The second-order valence-corrected chi connectivity index (χ2v) is 12.6. The minimum atomic E-state index is -1.22. The van der Waals surface area contributed by atoms with E-state index in [1.54, 1.807) is 19.1 Å². The molecule has 0 radical (unpaired) electrons. The number of halogens is 1. The number of hydrogen-bond acceptors (Lipinski definition) is 7. The number of carboxylic acids is 1. The fraction of sp³-hybridized carbons (Fsp3) is 0.471. The fourth-order valence-corrected chi connectivity index (χ4v) is 7.14. The average molecular weight is 588 g/mol. The molecule has 4 heterocycles. The van der Waals surface area contributed by atoms with Crippen molar-refractivity contribution in [1.82, 2.24) is 9.80 Å². The molecule has 4 unspecified atom stereocenters. The van der Waals surface area contributed by atoms with Gasteiger partial charge in [-0.15, -0.1) is 0 Å². The third-order valence-corrected chi connectivity index (χ3v) is 9.51. The highest BCUT2D eigenvalue weighted by atomic mass is 19.1. The zero-order valence-corrected chi connectivity index (χ0v) is 24.7. The quantitative estimate of drug-likeness (QED) is 0.487. The van der Waals surface area contributed by atoms with Crippen LogP contribution in [-0.2, 0) is 15.3 Å². The lowest BCUT2D eigenvalue weighted by Crippen LogP contribution is -2.47. The number of hydrogen-bond donors (Lipinski definition) is 1. The number of likely N-dealkylation sites (tertiary alicyclic amines) is 1. The first-order valence-corrected chi connectivity index (χ1v) is 15.3. The van der Waals surface area contributed by atoms with Crippen LogP contribution in [0.4, 0.5) is 4.39 Å². The highest BCUT2D eigenvalue weighted by Crippen LogP contribution is 2.49. The topological polar surface area (TPSA) is 83.8 Å². The monoisotopic (exact) mass is 587 g/mol. The summed E-state index contributed by atoms with van der Waals surface area (Å²) in [5.41, 5.74) is 2.68. The van der Waals surface area contributed by atoms with Crippen LogP contribution in [-0.4, -0.2) is 78.2 Å². The van der Waals surface area contributed by atoms with E-state index in [1.165, 1.54) is 6.07 Å². The van der Waals surface area contributed by atoms with Crippen molar-refractivity contribution in [2.45, 2.75) is 56.9 Å². The first kappa shape index (κ1) is 28.1. The van der Waals surface area contributed by atoms with Crippen LogP contribution in [0.2, 0.25) is 0 Å². The van der Waals surface area contributed by atoms with Crippen molar-refractivity contribution < 1.29 is 28.5 Å². The number of aliphatic imine (C=N–C) groups is 1. The number of para-hydroxylation sites is 1. The zero-order valence-electron chi connectivity index (χ0n) is 24.7. The van der Waals surface area contributed by atoms with Crippen LogP contribution >= 0.6 is 0 Å². The smallest absolute Gasteiger partial charge is 0.335 e. The van der Waals surface area contributed by atoms with Gasteiger partial charge in [0.05, 0.1) is 36.4 Å². The number of ether oxygens (including phenoxy) is 3. The van der Waals surface area contributed by atoms with Gasteiger partial charge in [-0.05, 0) is 81.1 Å². The number of nitrogens with zero attached hydrogens (tertiary/aromatic N) is 3. The molecule has 8 nitrogen and oxygen atoms in total. The SMILES string of the molecule is Cc1ccc(C2(C)Oc3cccc(C4CCN(CC5=NC6C=CC(C(=O)O)=CC6N5CC5CCOC5)CC4)c3O2)c(F)c1. The largest absolute Gasteiger partial charge is 0.478 e. The van der Waals surface area contributed by atoms with Gasteiger partial charge in [0.2, 0.25) is 0 Å². The minimum absolute atomic E-state index is 0.0605. The Morgan fingerprint density at radius 3 is 2.74 bits per heavy atom. The van der Waals surface area contributed by atoms with E-state index in [9.17, 15) is 14.3 Å². The van der Waals surface area contributed by atoms with E-state index in [-0.39, 0.29) is 17.9 Å². The summed E-state index contributed by atoms with van der Waals surface area (Å²) in [4.78, 5) is 21.5. The van der Waals surface area contributed by atoms with E-state index in [0.29, 0.717) is 34.5 Å². The summed E-state index contributed by atoms with van der Waals surface area (Å²) >= 11 is 0. The lowest BCUT2D eigenvalue weighted by atomic mass is 9.88. The molecule has 1 aliphatic carbocycles. The molecule has 2 aromatic carbocycles. The number of aliphatic carboxylic acids is 1. The minimum Gasteiger partial charge on any atom is -0.478 e. The Bertz CT molecular complexity index is 1510. The second kappa shape index (κ2) is 11.1. The molecule has 9 heteroatoms. The molecule has 2 aromatic rings. The molecular weight excluding hydrogens is 549 g/mol. The Hall–Kier alpha value is -3.69. The van der Waals surface area contributed by atoms with E-state index in [2.05, 4.69) is 15.9 Å². The van der Waals surface area contributed by atoms with Crippen LogP contribution in [0.15, 0.2) is 65.2 Å². The van der Waals surface area contributed by atoms with Crippen LogP contribution in [0.25, 0.3) is 0 Å². The number of fused-ring (bicyclic) bond motifs is 2. The number of rotatable bonds is 7. The maximum absolute atomic E-state index is 14.9. The molecule has 4 aliphatic heterocycles. The Balaban J connectivity index is 1.04. The Labute approximate surface area is 251 Å².